The number of hydrogen-bond acceptors (Lipinski definition) is 5. The fourth-order valence-corrected chi connectivity index (χ4v) is 3.23. The van der Waals surface area contributed by atoms with Crippen molar-refractivity contribution in [3.05, 3.63) is 65.7 Å². The summed E-state index contributed by atoms with van der Waals surface area (Å²) in [5.41, 5.74) is 2.24. The molecule has 0 aliphatic heterocycles. The lowest BCUT2D eigenvalue weighted by molar-refractivity contribution is 0.101. The van der Waals surface area contributed by atoms with Gasteiger partial charge >= 0.3 is 0 Å². The number of para-hydroxylation sites is 1. The highest BCUT2D eigenvalue weighted by Crippen LogP contribution is 2.25. The summed E-state index contributed by atoms with van der Waals surface area (Å²) in [5.74, 6) is -0.255. The number of thioether (sulfide) groups is 1. The van der Waals surface area contributed by atoms with E-state index in [9.17, 15) is 9.18 Å². The van der Waals surface area contributed by atoms with Crippen LogP contribution in [0.25, 0.3) is 5.69 Å². The van der Waals surface area contributed by atoms with Crippen LogP contribution in [0.5, 0.6) is 5.75 Å². The number of carbonyl (C=O) groups excluding carboxylic acids is 1. The largest absolute Gasteiger partial charge is 0.496 e. The van der Waals surface area contributed by atoms with Crippen LogP contribution in [0, 0.1) is 12.7 Å². The number of nitrogens with zero attached hydrogens (tertiary/aromatic N) is 3. The molecule has 128 valence electrons. The van der Waals surface area contributed by atoms with E-state index < -0.39 is 5.82 Å². The van der Waals surface area contributed by atoms with Crippen molar-refractivity contribution in [3.63, 3.8) is 0 Å². The minimum Gasteiger partial charge on any atom is -0.496 e. The Morgan fingerprint density at radius 3 is 2.84 bits per heavy atom. The molecule has 3 aromatic rings. The zero-order valence-electron chi connectivity index (χ0n) is 13.8. The van der Waals surface area contributed by atoms with Crippen LogP contribution in [0.1, 0.15) is 15.9 Å². The molecule has 3 rings (SSSR count). The van der Waals surface area contributed by atoms with Gasteiger partial charge in [-0.1, -0.05) is 30.0 Å². The van der Waals surface area contributed by atoms with Crippen LogP contribution in [-0.4, -0.2) is 33.4 Å². The normalized spacial score (nSPS) is 10.7. The van der Waals surface area contributed by atoms with Gasteiger partial charge in [-0.3, -0.25) is 9.36 Å². The van der Waals surface area contributed by atoms with Gasteiger partial charge in [0.25, 0.3) is 0 Å². The van der Waals surface area contributed by atoms with Crippen molar-refractivity contribution in [2.45, 2.75) is 12.1 Å². The highest BCUT2D eigenvalue weighted by Gasteiger charge is 2.16. The number of aromatic nitrogens is 3. The van der Waals surface area contributed by atoms with Crippen LogP contribution in [0.15, 0.2) is 53.9 Å². The summed E-state index contributed by atoms with van der Waals surface area (Å²) in [6.07, 6.45) is 1.61. The summed E-state index contributed by atoms with van der Waals surface area (Å²) in [6, 6.07) is 11.7. The molecule has 1 aromatic heterocycles. The first kappa shape index (κ1) is 17.2. The minimum atomic E-state index is -0.475. The van der Waals surface area contributed by atoms with Crippen LogP contribution < -0.4 is 4.74 Å². The summed E-state index contributed by atoms with van der Waals surface area (Å²) in [6.45, 7) is 1.99. The maximum Gasteiger partial charge on any atom is 0.196 e. The van der Waals surface area contributed by atoms with Gasteiger partial charge in [0.1, 0.15) is 17.9 Å². The number of hydrogen-bond donors (Lipinski definition) is 0. The van der Waals surface area contributed by atoms with Gasteiger partial charge < -0.3 is 4.74 Å². The van der Waals surface area contributed by atoms with E-state index in [4.69, 9.17) is 4.74 Å². The number of carbonyl (C=O) groups is 1. The van der Waals surface area contributed by atoms with E-state index in [0.717, 1.165) is 11.3 Å². The van der Waals surface area contributed by atoms with Crippen LogP contribution in [-0.2, 0) is 0 Å². The van der Waals surface area contributed by atoms with Gasteiger partial charge in [-0.2, -0.15) is 0 Å². The maximum absolute atomic E-state index is 13.4. The van der Waals surface area contributed by atoms with Gasteiger partial charge in [0.2, 0.25) is 0 Å². The lowest BCUT2D eigenvalue weighted by Crippen LogP contribution is -2.07. The molecular formula is C18H16FN3O2S. The Bertz CT molecular complexity index is 911. The molecule has 0 unspecified atom stereocenters. The predicted octanol–water partition coefficient (Wildman–Crippen LogP) is 3.70. The van der Waals surface area contributed by atoms with Gasteiger partial charge in [-0.15, -0.1) is 10.2 Å². The van der Waals surface area contributed by atoms with Gasteiger partial charge in [0.15, 0.2) is 10.9 Å². The van der Waals surface area contributed by atoms with E-state index in [0.29, 0.717) is 10.9 Å². The monoisotopic (exact) mass is 357 g/mol. The lowest BCUT2D eigenvalue weighted by atomic mass is 10.1. The summed E-state index contributed by atoms with van der Waals surface area (Å²) in [5, 5.41) is 8.61. The standard InChI is InChI=1S/C18H16FN3O2S/c1-12-5-3-4-6-15(12)22-11-20-21-18(22)25-10-16(23)14-9-13(19)7-8-17(14)24-2/h3-9,11H,10H2,1-2H3. The van der Waals surface area contributed by atoms with Crippen molar-refractivity contribution < 1.29 is 13.9 Å². The number of halogens is 1. The third-order valence-electron chi connectivity index (χ3n) is 3.69. The second kappa shape index (κ2) is 7.48. The van der Waals surface area contributed by atoms with Crippen molar-refractivity contribution >= 4 is 17.5 Å². The molecule has 0 radical (unpaired) electrons. The van der Waals surface area contributed by atoms with Crippen LogP contribution in [0.4, 0.5) is 4.39 Å². The van der Waals surface area contributed by atoms with Crippen molar-refractivity contribution in [3.8, 4) is 11.4 Å². The molecule has 0 spiro atoms. The van der Waals surface area contributed by atoms with Gasteiger partial charge in [-0.25, -0.2) is 4.39 Å². The molecule has 0 N–H and O–H groups in total. The minimum absolute atomic E-state index is 0.102. The first-order chi connectivity index (χ1) is 12.1. The third-order valence-corrected chi connectivity index (χ3v) is 4.63. The zero-order valence-corrected chi connectivity index (χ0v) is 14.6. The smallest absolute Gasteiger partial charge is 0.196 e. The summed E-state index contributed by atoms with van der Waals surface area (Å²) < 4.78 is 20.4. The number of methoxy groups -OCH3 is 1. The molecule has 0 aliphatic rings. The lowest BCUT2D eigenvalue weighted by Gasteiger charge is -2.10. The molecule has 0 bridgehead atoms. The Labute approximate surface area is 148 Å². The van der Waals surface area contributed by atoms with Crippen molar-refractivity contribution in [2.24, 2.45) is 0 Å². The average molecular weight is 357 g/mol. The second-order valence-electron chi connectivity index (χ2n) is 5.33. The van der Waals surface area contributed by atoms with E-state index in [-0.39, 0.29) is 17.1 Å². The summed E-state index contributed by atoms with van der Waals surface area (Å²) in [4.78, 5) is 12.5. The number of rotatable bonds is 6. The molecule has 5 nitrogen and oxygen atoms in total. The summed E-state index contributed by atoms with van der Waals surface area (Å²) in [7, 11) is 1.45. The summed E-state index contributed by atoms with van der Waals surface area (Å²) >= 11 is 1.25. The van der Waals surface area contributed by atoms with Gasteiger partial charge in [0, 0.05) is 0 Å². The Morgan fingerprint density at radius 2 is 2.08 bits per heavy atom. The van der Waals surface area contributed by atoms with E-state index in [1.54, 1.807) is 6.33 Å². The molecule has 0 aliphatic carbocycles. The Kier molecular flexibility index (Phi) is 5.14. The first-order valence-electron chi connectivity index (χ1n) is 7.55. The number of ether oxygens (including phenoxy) is 1. The van der Waals surface area contributed by atoms with Crippen LogP contribution >= 0.6 is 11.8 Å². The molecule has 0 saturated heterocycles. The molecular weight excluding hydrogens is 341 g/mol. The molecule has 0 fully saturated rings. The van der Waals surface area contributed by atoms with E-state index in [2.05, 4.69) is 10.2 Å². The zero-order chi connectivity index (χ0) is 17.8. The Hall–Kier alpha value is -2.67. The highest BCUT2D eigenvalue weighted by molar-refractivity contribution is 7.99. The fraction of sp³-hybridized carbons (Fsp3) is 0.167. The third kappa shape index (κ3) is 3.71. The van der Waals surface area contributed by atoms with Crippen molar-refractivity contribution in [1.29, 1.82) is 0 Å². The second-order valence-corrected chi connectivity index (χ2v) is 6.27. The number of aryl methyl sites for hydroxylation is 1. The topological polar surface area (TPSA) is 57.0 Å². The Morgan fingerprint density at radius 1 is 1.28 bits per heavy atom. The number of Topliss-reactive ketones (excluding diaryl/α,β-unsaturated/α-hetero) is 1. The SMILES string of the molecule is COc1ccc(F)cc1C(=O)CSc1nncn1-c1ccccc1C. The average Bonchev–Trinajstić information content (AvgIpc) is 3.08. The molecule has 0 saturated carbocycles. The van der Waals surface area contributed by atoms with Crippen molar-refractivity contribution in [1.82, 2.24) is 14.8 Å². The van der Waals surface area contributed by atoms with Gasteiger partial charge in [0.05, 0.1) is 24.1 Å². The first-order valence-corrected chi connectivity index (χ1v) is 8.54. The molecule has 2 aromatic carbocycles. The molecule has 0 atom stereocenters. The van der Waals surface area contributed by atoms with Gasteiger partial charge in [-0.05, 0) is 36.8 Å². The molecule has 0 amide bonds. The predicted molar refractivity (Wildman–Crippen MR) is 94.1 cm³/mol. The highest BCUT2D eigenvalue weighted by atomic mass is 32.2. The quantitative estimate of drug-likeness (QED) is 0.497. The fourth-order valence-electron chi connectivity index (χ4n) is 2.43. The van der Waals surface area contributed by atoms with Crippen molar-refractivity contribution in [2.75, 3.05) is 12.9 Å². The van der Waals surface area contributed by atoms with E-state index in [1.807, 2.05) is 35.8 Å². The van der Waals surface area contributed by atoms with E-state index in [1.165, 1.54) is 37.1 Å². The number of benzene rings is 2. The van der Waals surface area contributed by atoms with Crippen LogP contribution in [0.3, 0.4) is 0 Å². The molecule has 7 heteroatoms. The maximum atomic E-state index is 13.4. The van der Waals surface area contributed by atoms with E-state index >= 15 is 0 Å². The molecule has 1 heterocycles. The Balaban J connectivity index is 1.80. The molecule has 25 heavy (non-hydrogen) atoms. The van der Waals surface area contributed by atoms with Crippen LogP contribution in [0.2, 0.25) is 0 Å². The number of ketones is 1.